The molecule has 8 heteroatoms. The van der Waals surface area contributed by atoms with Gasteiger partial charge in [-0.2, -0.15) is 0 Å². The van der Waals surface area contributed by atoms with Crippen molar-refractivity contribution in [1.29, 1.82) is 0 Å². The number of aromatic nitrogens is 3. The van der Waals surface area contributed by atoms with Crippen molar-refractivity contribution in [3.63, 3.8) is 0 Å². The number of carbonyl (C=O) groups excluding carboxylic acids is 1. The highest BCUT2D eigenvalue weighted by atomic mass is 16.1. The number of imidazole rings is 1. The van der Waals surface area contributed by atoms with Gasteiger partial charge >= 0.3 is 0 Å². The van der Waals surface area contributed by atoms with Gasteiger partial charge in [0, 0.05) is 62.3 Å². The number of rotatable bonds is 8. The first-order valence-corrected chi connectivity index (χ1v) is 12.2. The highest BCUT2D eigenvalue weighted by Gasteiger charge is 2.12. The van der Waals surface area contributed by atoms with Crippen LogP contribution in [0.3, 0.4) is 0 Å². The van der Waals surface area contributed by atoms with Gasteiger partial charge in [-0.15, -0.1) is 0 Å². The molecule has 1 aliphatic rings. The Balaban J connectivity index is 1.24. The Hall–Kier alpha value is -3.75. The maximum absolute atomic E-state index is 12.8. The largest absolute Gasteiger partial charge is 0.370 e. The van der Waals surface area contributed by atoms with E-state index in [2.05, 4.69) is 42.7 Å². The number of carbonyl (C=O) groups is 1. The van der Waals surface area contributed by atoms with Crippen LogP contribution in [0.1, 0.15) is 29.3 Å². The van der Waals surface area contributed by atoms with Crippen LogP contribution < -0.4 is 16.0 Å². The quantitative estimate of drug-likeness (QED) is 0.310. The van der Waals surface area contributed by atoms with Crippen LogP contribution in [-0.2, 0) is 6.54 Å². The standard InChI is InChI=1S/C27H31N7O/c1-2-11-29-25-10-7-21(17-30-25)26-32-23-9-8-22(16-24(23)33-26)31-27(35)20-5-3-19(4-6-20)18-34-14-12-28-13-15-34/h3-10,16-17,28H,2,11-15,18H2,1H3,(H,29,30)(H,31,35)(H,32,33). The lowest BCUT2D eigenvalue weighted by Crippen LogP contribution is -2.42. The molecule has 1 saturated heterocycles. The van der Waals surface area contributed by atoms with Crippen LogP contribution in [0.4, 0.5) is 11.5 Å². The molecule has 0 atom stereocenters. The molecule has 1 amide bonds. The number of hydrogen-bond acceptors (Lipinski definition) is 6. The number of H-pyrrole nitrogens is 1. The van der Waals surface area contributed by atoms with Gasteiger partial charge in [-0.3, -0.25) is 9.69 Å². The van der Waals surface area contributed by atoms with Crippen LogP contribution in [-0.4, -0.2) is 58.5 Å². The van der Waals surface area contributed by atoms with Gasteiger partial charge in [-0.25, -0.2) is 9.97 Å². The second-order valence-electron chi connectivity index (χ2n) is 8.85. The summed E-state index contributed by atoms with van der Waals surface area (Å²) in [5.41, 5.74) is 5.19. The molecule has 1 fully saturated rings. The molecule has 0 saturated carbocycles. The SMILES string of the molecule is CCCNc1ccc(-c2nc3ccc(NC(=O)c4ccc(CN5CCNCC5)cc4)cc3[nH]2)cn1. The Morgan fingerprint density at radius 2 is 1.89 bits per heavy atom. The molecule has 2 aromatic carbocycles. The molecule has 5 rings (SSSR count). The highest BCUT2D eigenvalue weighted by Crippen LogP contribution is 2.23. The molecule has 0 radical (unpaired) electrons. The Kier molecular flexibility index (Phi) is 7.02. The zero-order valence-electron chi connectivity index (χ0n) is 20.0. The fourth-order valence-corrected chi connectivity index (χ4v) is 4.21. The van der Waals surface area contributed by atoms with Gasteiger partial charge in [0.2, 0.25) is 0 Å². The summed E-state index contributed by atoms with van der Waals surface area (Å²) in [5.74, 6) is 1.48. The molecule has 180 valence electrons. The summed E-state index contributed by atoms with van der Waals surface area (Å²) < 4.78 is 0. The maximum atomic E-state index is 12.8. The van der Waals surface area contributed by atoms with Crippen molar-refractivity contribution < 1.29 is 4.79 Å². The molecule has 0 aliphatic carbocycles. The number of aromatic amines is 1. The maximum Gasteiger partial charge on any atom is 0.255 e. The first kappa shape index (κ1) is 23.0. The fraction of sp³-hybridized carbons (Fsp3) is 0.296. The van der Waals surface area contributed by atoms with Gasteiger partial charge in [0.05, 0.1) is 11.0 Å². The van der Waals surface area contributed by atoms with Crippen molar-refractivity contribution in [3.05, 3.63) is 71.9 Å². The van der Waals surface area contributed by atoms with Gasteiger partial charge in [0.1, 0.15) is 11.6 Å². The summed E-state index contributed by atoms with van der Waals surface area (Å²) in [6.45, 7) is 8.10. The molecule has 35 heavy (non-hydrogen) atoms. The molecule has 8 nitrogen and oxygen atoms in total. The van der Waals surface area contributed by atoms with Gasteiger partial charge in [-0.1, -0.05) is 19.1 Å². The number of nitrogens with zero attached hydrogens (tertiary/aromatic N) is 3. The van der Waals surface area contributed by atoms with Crippen molar-refractivity contribution in [3.8, 4) is 11.4 Å². The van der Waals surface area contributed by atoms with E-state index in [-0.39, 0.29) is 5.91 Å². The Morgan fingerprint density at radius 1 is 1.06 bits per heavy atom. The molecule has 0 unspecified atom stereocenters. The molecular weight excluding hydrogens is 438 g/mol. The van der Waals surface area contributed by atoms with Crippen molar-refractivity contribution >= 4 is 28.4 Å². The van der Waals surface area contributed by atoms with Gasteiger partial charge in [0.15, 0.2) is 0 Å². The molecule has 4 N–H and O–H groups in total. The van der Waals surface area contributed by atoms with Crippen molar-refractivity contribution in [2.45, 2.75) is 19.9 Å². The molecular formula is C27H31N7O. The zero-order valence-corrected chi connectivity index (χ0v) is 20.0. The minimum Gasteiger partial charge on any atom is -0.370 e. The number of piperazine rings is 1. The van der Waals surface area contributed by atoms with Crippen LogP contribution in [0.25, 0.3) is 22.4 Å². The van der Waals surface area contributed by atoms with Crippen molar-refractivity contribution in [1.82, 2.24) is 25.2 Å². The summed E-state index contributed by atoms with van der Waals surface area (Å²) in [4.78, 5) is 27.7. The molecule has 2 aromatic heterocycles. The Labute approximate surface area is 205 Å². The second kappa shape index (κ2) is 10.7. The average molecular weight is 470 g/mol. The Morgan fingerprint density at radius 3 is 2.63 bits per heavy atom. The lowest BCUT2D eigenvalue weighted by atomic mass is 10.1. The van der Waals surface area contributed by atoms with E-state index in [1.807, 2.05) is 60.8 Å². The van der Waals surface area contributed by atoms with Crippen LogP contribution >= 0.6 is 0 Å². The number of benzene rings is 2. The average Bonchev–Trinajstić information content (AvgIpc) is 3.32. The number of pyridine rings is 1. The monoisotopic (exact) mass is 469 g/mol. The number of nitrogens with one attached hydrogen (secondary N) is 4. The summed E-state index contributed by atoms with van der Waals surface area (Å²) in [6.07, 6.45) is 2.86. The predicted octanol–water partition coefficient (Wildman–Crippen LogP) is 4.10. The number of fused-ring (bicyclic) bond motifs is 1. The number of anilines is 2. The van der Waals surface area contributed by atoms with E-state index in [4.69, 9.17) is 0 Å². The summed E-state index contributed by atoms with van der Waals surface area (Å²) in [5, 5.41) is 9.65. The van der Waals surface area contributed by atoms with Crippen molar-refractivity contribution in [2.24, 2.45) is 0 Å². The topological polar surface area (TPSA) is 98.0 Å². The van der Waals surface area contributed by atoms with E-state index < -0.39 is 0 Å². The first-order valence-electron chi connectivity index (χ1n) is 12.2. The molecule has 1 aliphatic heterocycles. The van der Waals surface area contributed by atoms with Crippen LogP contribution in [0, 0.1) is 0 Å². The summed E-state index contributed by atoms with van der Waals surface area (Å²) >= 11 is 0. The second-order valence-corrected chi connectivity index (χ2v) is 8.85. The minimum atomic E-state index is -0.128. The van der Waals surface area contributed by atoms with E-state index in [0.29, 0.717) is 5.56 Å². The van der Waals surface area contributed by atoms with Crippen LogP contribution in [0.2, 0.25) is 0 Å². The predicted molar refractivity (Wildman–Crippen MR) is 141 cm³/mol. The van der Waals surface area contributed by atoms with Crippen LogP contribution in [0.15, 0.2) is 60.8 Å². The lowest BCUT2D eigenvalue weighted by molar-refractivity contribution is 0.102. The van der Waals surface area contributed by atoms with E-state index >= 15 is 0 Å². The third kappa shape index (κ3) is 5.67. The van der Waals surface area contributed by atoms with E-state index in [0.717, 1.165) is 79.6 Å². The number of hydrogen-bond donors (Lipinski definition) is 4. The molecule has 3 heterocycles. The highest BCUT2D eigenvalue weighted by molar-refractivity contribution is 6.05. The molecule has 0 spiro atoms. The van der Waals surface area contributed by atoms with E-state index in [1.54, 1.807) is 0 Å². The van der Waals surface area contributed by atoms with E-state index in [9.17, 15) is 4.79 Å². The molecule has 4 aromatic rings. The third-order valence-electron chi connectivity index (χ3n) is 6.16. The smallest absolute Gasteiger partial charge is 0.255 e. The number of amides is 1. The lowest BCUT2D eigenvalue weighted by Gasteiger charge is -2.27. The molecule has 0 bridgehead atoms. The van der Waals surface area contributed by atoms with Gasteiger partial charge < -0.3 is 20.9 Å². The zero-order chi connectivity index (χ0) is 24.0. The van der Waals surface area contributed by atoms with E-state index in [1.165, 1.54) is 5.56 Å². The normalized spacial score (nSPS) is 14.2. The Bertz CT molecular complexity index is 1280. The minimum absolute atomic E-state index is 0.128. The third-order valence-corrected chi connectivity index (χ3v) is 6.16. The van der Waals surface area contributed by atoms with Gasteiger partial charge in [0.25, 0.3) is 5.91 Å². The summed E-state index contributed by atoms with van der Waals surface area (Å²) in [7, 11) is 0. The first-order chi connectivity index (χ1) is 17.2. The van der Waals surface area contributed by atoms with Gasteiger partial charge in [-0.05, 0) is 54.4 Å². The van der Waals surface area contributed by atoms with Crippen LogP contribution in [0.5, 0.6) is 0 Å². The summed E-state index contributed by atoms with van der Waals surface area (Å²) in [6, 6.07) is 17.5. The van der Waals surface area contributed by atoms with Crippen molar-refractivity contribution in [2.75, 3.05) is 43.4 Å². The fourth-order valence-electron chi connectivity index (χ4n) is 4.21.